The highest BCUT2D eigenvalue weighted by Crippen LogP contribution is 2.43. The van der Waals surface area contributed by atoms with E-state index in [9.17, 15) is 5.11 Å². The molecule has 0 amide bonds. The maximum absolute atomic E-state index is 10.9. The van der Waals surface area contributed by atoms with Crippen molar-refractivity contribution < 1.29 is 9.84 Å². The standard InChI is InChI=1S/C16H30N2O2/c1-17-8-9-18(2)14(12-17)15(19)13-5-10-20-16(11-13)6-3-4-7-16/h13-15,19H,3-12H2,1-2H3. The highest BCUT2D eigenvalue weighted by Gasteiger charge is 2.44. The number of piperazine rings is 1. The van der Waals surface area contributed by atoms with Crippen LogP contribution in [0, 0.1) is 5.92 Å². The molecule has 3 rings (SSSR count). The molecule has 3 fully saturated rings. The number of hydrogen-bond donors (Lipinski definition) is 1. The van der Waals surface area contributed by atoms with E-state index in [4.69, 9.17) is 4.74 Å². The van der Waals surface area contributed by atoms with Gasteiger partial charge in [0.05, 0.1) is 11.7 Å². The maximum Gasteiger partial charge on any atom is 0.0737 e. The molecule has 1 aliphatic carbocycles. The summed E-state index contributed by atoms with van der Waals surface area (Å²) in [5.74, 6) is 0.417. The molecule has 3 atom stereocenters. The third-order valence-corrected chi connectivity index (χ3v) is 5.82. The first-order chi connectivity index (χ1) is 9.60. The van der Waals surface area contributed by atoms with Gasteiger partial charge < -0.3 is 14.7 Å². The Kier molecular flexibility index (Phi) is 4.37. The Hall–Kier alpha value is -0.160. The van der Waals surface area contributed by atoms with Gasteiger partial charge in [0.15, 0.2) is 0 Å². The topological polar surface area (TPSA) is 35.9 Å². The van der Waals surface area contributed by atoms with E-state index in [1.165, 1.54) is 25.7 Å². The summed E-state index contributed by atoms with van der Waals surface area (Å²) in [5, 5.41) is 10.9. The number of ether oxygens (including phenoxy) is 1. The van der Waals surface area contributed by atoms with E-state index in [1.807, 2.05) is 0 Å². The van der Waals surface area contributed by atoms with Crippen LogP contribution in [-0.2, 0) is 4.74 Å². The summed E-state index contributed by atoms with van der Waals surface area (Å²) in [5.41, 5.74) is 0.114. The van der Waals surface area contributed by atoms with Crippen molar-refractivity contribution in [3.8, 4) is 0 Å². The summed E-state index contributed by atoms with van der Waals surface area (Å²) < 4.78 is 6.11. The van der Waals surface area contributed by atoms with Crippen molar-refractivity contribution in [3.05, 3.63) is 0 Å². The van der Waals surface area contributed by atoms with Gasteiger partial charge in [-0.2, -0.15) is 0 Å². The molecule has 4 nitrogen and oxygen atoms in total. The number of hydrogen-bond acceptors (Lipinski definition) is 4. The van der Waals surface area contributed by atoms with Gasteiger partial charge in [0.25, 0.3) is 0 Å². The lowest BCUT2D eigenvalue weighted by atomic mass is 9.79. The third-order valence-electron chi connectivity index (χ3n) is 5.82. The monoisotopic (exact) mass is 282 g/mol. The number of likely N-dealkylation sites (N-methyl/N-ethyl adjacent to an activating group) is 2. The molecule has 0 radical (unpaired) electrons. The van der Waals surface area contributed by atoms with Crippen molar-refractivity contribution in [2.75, 3.05) is 40.3 Å². The molecule has 0 aromatic carbocycles. The van der Waals surface area contributed by atoms with E-state index in [2.05, 4.69) is 23.9 Å². The van der Waals surface area contributed by atoms with Crippen molar-refractivity contribution in [1.29, 1.82) is 0 Å². The average molecular weight is 282 g/mol. The second-order valence-electron chi connectivity index (χ2n) is 7.29. The Morgan fingerprint density at radius 1 is 1.20 bits per heavy atom. The Morgan fingerprint density at radius 2 is 1.95 bits per heavy atom. The maximum atomic E-state index is 10.9. The summed E-state index contributed by atoms with van der Waals surface area (Å²) in [7, 11) is 4.32. The molecular formula is C16H30N2O2. The van der Waals surface area contributed by atoms with Crippen molar-refractivity contribution in [2.24, 2.45) is 5.92 Å². The number of aliphatic hydroxyl groups is 1. The Bertz CT molecular complexity index is 330. The molecule has 1 N–H and O–H groups in total. The van der Waals surface area contributed by atoms with Gasteiger partial charge in [-0.3, -0.25) is 4.90 Å². The highest BCUT2D eigenvalue weighted by molar-refractivity contribution is 4.96. The molecule has 116 valence electrons. The van der Waals surface area contributed by atoms with Crippen LogP contribution in [0.15, 0.2) is 0 Å². The second-order valence-corrected chi connectivity index (χ2v) is 7.29. The van der Waals surface area contributed by atoms with Gasteiger partial charge >= 0.3 is 0 Å². The SMILES string of the molecule is CN1CCN(C)C(C(O)C2CCOC3(CCCC3)C2)C1. The van der Waals surface area contributed by atoms with Crippen LogP contribution in [0.3, 0.4) is 0 Å². The molecule has 0 aromatic rings. The van der Waals surface area contributed by atoms with Crippen LogP contribution >= 0.6 is 0 Å². The van der Waals surface area contributed by atoms with E-state index in [0.717, 1.165) is 39.1 Å². The van der Waals surface area contributed by atoms with Crippen molar-refractivity contribution in [1.82, 2.24) is 9.80 Å². The van der Waals surface area contributed by atoms with E-state index in [-0.39, 0.29) is 17.7 Å². The van der Waals surface area contributed by atoms with E-state index in [1.54, 1.807) is 0 Å². The lowest BCUT2D eigenvalue weighted by Crippen LogP contribution is -2.58. The number of nitrogens with zero attached hydrogens (tertiary/aromatic N) is 2. The molecule has 3 unspecified atom stereocenters. The molecule has 2 aliphatic heterocycles. The molecule has 20 heavy (non-hydrogen) atoms. The zero-order valence-electron chi connectivity index (χ0n) is 13.1. The summed E-state index contributed by atoms with van der Waals surface area (Å²) in [6.45, 7) is 4.00. The molecule has 3 aliphatic rings. The minimum atomic E-state index is -0.205. The van der Waals surface area contributed by atoms with Gasteiger partial charge in [0, 0.05) is 32.3 Å². The Morgan fingerprint density at radius 3 is 2.70 bits per heavy atom. The fourth-order valence-electron chi connectivity index (χ4n) is 4.45. The largest absolute Gasteiger partial charge is 0.391 e. The van der Waals surface area contributed by atoms with Crippen molar-refractivity contribution in [2.45, 2.75) is 56.3 Å². The average Bonchev–Trinajstić information content (AvgIpc) is 2.88. The summed E-state index contributed by atoms with van der Waals surface area (Å²) >= 11 is 0. The normalized spacial score (nSPS) is 37.4. The minimum Gasteiger partial charge on any atom is -0.391 e. The fourth-order valence-corrected chi connectivity index (χ4v) is 4.45. The van der Waals surface area contributed by atoms with Crippen LogP contribution in [0.2, 0.25) is 0 Å². The molecule has 1 spiro atoms. The zero-order valence-corrected chi connectivity index (χ0v) is 13.1. The highest BCUT2D eigenvalue weighted by atomic mass is 16.5. The van der Waals surface area contributed by atoms with Gasteiger partial charge in [-0.15, -0.1) is 0 Å². The Balaban J connectivity index is 1.65. The smallest absolute Gasteiger partial charge is 0.0737 e. The summed E-state index contributed by atoms with van der Waals surface area (Å²) in [6, 6.07) is 0.287. The van der Waals surface area contributed by atoms with Crippen molar-refractivity contribution >= 4 is 0 Å². The van der Waals surface area contributed by atoms with Gasteiger partial charge in [0.2, 0.25) is 0 Å². The van der Waals surface area contributed by atoms with Gasteiger partial charge in [-0.05, 0) is 45.7 Å². The predicted molar refractivity (Wildman–Crippen MR) is 79.8 cm³/mol. The molecule has 0 bridgehead atoms. The van der Waals surface area contributed by atoms with Crippen LogP contribution in [0.1, 0.15) is 38.5 Å². The van der Waals surface area contributed by atoms with Crippen LogP contribution < -0.4 is 0 Å². The lowest BCUT2D eigenvalue weighted by molar-refractivity contribution is -0.125. The molecular weight excluding hydrogens is 252 g/mol. The first kappa shape index (κ1) is 14.8. The first-order valence-corrected chi connectivity index (χ1v) is 8.30. The lowest BCUT2D eigenvalue weighted by Gasteiger charge is -2.46. The summed E-state index contributed by atoms with van der Waals surface area (Å²) in [4.78, 5) is 4.69. The van der Waals surface area contributed by atoms with Crippen molar-refractivity contribution in [3.63, 3.8) is 0 Å². The van der Waals surface area contributed by atoms with E-state index in [0.29, 0.717) is 5.92 Å². The van der Waals surface area contributed by atoms with Gasteiger partial charge in [0.1, 0.15) is 0 Å². The van der Waals surface area contributed by atoms with Gasteiger partial charge in [-0.1, -0.05) is 12.8 Å². The van der Waals surface area contributed by atoms with Crippen LogP contribution in [0.4, 0.5) is 0 Å². The van der Waals surface area contributed by atoms with Crippen LogP contribution in [-0.4, -0.2) is 73.0 Å². The first-order valence-electron chi connectivity index (χ1n) is 8.30. The second kappa shape index (κ2) is 5.91. The number of aliphatic hydroxyl groups excluding tert-OH is 1. The number of rotatable bonds is 2. The molecule has 0 aromatic heterocycles. The molecule has 2 heterocycles. The van der Waals surface area contributed by atoms with E-state index >= 15 is 0 Å². The quantitative estimate of drug-likeness (QED) is 0.829. The fraction of sp³-hybridized carbons (Fsp3) is 1.00. The zero-order chi connectivity index (χ0) is 14.2. The minimum absolute atomic E-state index is 0.114. The third kappa shape index (κ3) is 2.89. The summed E-state index contributed by atoms with van der Waals surface area (Å²) in [6.07, 6.45) is 6.90. The Labute approximate surface area is 123 Å². The predicted octanol–water partition coefficient (Wildman–Crippen LogP) is 1.33. The van der Waals surface area contributed by atoms with Crippen LogP contribution in [0.25, 0.3) is 0 Å². The van der Waals surface area contributed by atoms with E-state index < -0.39 is 0 Å². The van der Waals surface area contributed by atoms with Crippen LogP contribution in [0.5, 0.6) is 0 Å². The molecule has 4 heteroatoms. The molecule has 1 saturated carbocycles. The van der Waals surface area contributed by atoms with Gasteiger partial charge in [-0.25, -0.2) is 0 Å². The molecule has 2 saturated heterocycles.